The van der Waals surface area contributed by atoms with Crippen molar-refractivity contribution < 1.29 is 19.1 Å². The van der Waals surface area contributed by atoms with Crippen molar-refractivity contribution in [1.29, 1.82) is 0 Å². The number of ketones is 1. The largest absolute Gasteiger partial charge is 0.463 e. The summed E-state index contributed by atoms with van der Waals surface area (Å²) in [5.74, 6) is -1.11. The topological polar surface area (TPSA) is 65.0 Å². The van der Waals surface area contributed by atoms with E-state index in [4.69, 9.17) is 9.47 Å². The van der Waals surface area contributed by atoms with Gasteiger partial charge in [0.05, 0.1) is 6.61 Å². The second kappa shape index (κ2) is 7.45. The Morgan fingerprint density at radius 1 is 1.35 bits per heavy atom. The predicted octanol–water partition coefficient (Wildman–Crippen LogP) is 3.76. The SMILES string of the molecule is COCCOC(=O)C1C(C)=NC2=C(C(=O)CC(C)(C)C2)[C@H]1c1cccs1. The number of thiophene rings is 1. The highest BCUT2D eigenvalue weighted by atomic mass is 32.1. The van der Waals surface area contributed by atoms with E-state index in [0.29, 0.717) is 18.6 Å². The quantitative estimate of drug-likeness (QED) is 0.581. The molecule has 0 fully saturated rings. The number of aliphatic imine (C=N–C) groups is 1. The smallest absolute Gasteiger partial charge is 0.315 e. The average molecular weight is 375 g/mol. The molecule has 1 aromatic rings. The van der Waals surface area contributed by atoms with Crippen LogP contribution in [0.25, 0.3) is 0 Å². The van der Waals surface area contributed by atoms with Crippen LogP contribution >= 0.6 is 11.3 Å². The van der Waals surface area contributed by atoms with Crippen LogP contribution in [-0.4, -0.2) is 37.8 Å². The molecule has 1 aliphatic heterocycles. The van der Waals surface area contributed by atoms with E-state index in [1.54, 1.807) is 18.4 Å². The van der Waals surface area contributed by atoms with Gasteiger partial charge in [0.15, 0.2) is 5.78 Å². The first-order valence-corrected chi connectivity index (χ1v) is 9.72. The van der Waals surface area contributed by atoms with Gasteiger partial charge in [0.1, 0.15) is 12.5 Å². The fourth-order valence-corrected chi connectivity index (χ4v) is 4.71. The van der Waals surface area contributed by atoms with E-state index in [1.807, 2.05) is 24.4 Å². The number of Topliss-reactive ketones (excluding diaryl/α,β-unsaturated/α-hetero) is 1. The summed E-state index contributed by atoms with van der Waals surface area (Å²) in [5, 5.41) is 1.97. The second-order valence-corrected chi connectivity index (χ2v) is 8.66. The fourth-order valence-electron chi connectivity index (χ4n) is 3.84. The van der Waals surface area contributed by atoms with Crippen LogP contribution in [0.3, 0.4) is 0 Å². The third kappa shape index (κ3) is 3.67. The van der Waals surface area contributed by atoms with E-state index in [9.17, 15) is 9.59 Å². The first-order chi connectivity index (χ1) is 12.3. The first-order valence-electron chi connectivity index (χ1n) is 8.84. The molecule has 1 unspecified atom stereocenters. The Kier molecular flexibility index (Phi) is 5.44. The van der Waals surface area contributed by atoms with E-state index < -0.39 is 5.92 Å². The third-order valence-electron chi connectivity index (χ3n) is 4.94. The number of hydrogen-bond donors (Lipinski definition) is 0. The summed E-state index contributed by atoms with van der Waals surface area (Å²) in [6.07, 6.45) is 1.23. The van der Waals surface area contributed by atoms with Crippen LogP contribution < -0.4 is 0 Å². The van der Waals surface area contributed by atoms with Gasteiger partial charge in [0.2, 0.25) is 0 Å². The van der Waals surface area contributed by atoms with E-state index in [-0.39, 0.29) is 29.7 Å². The molecule has 2 atom stereocenters. The molecule has 1 aliphatic carbocycles. The van der Waals surface area contributed by atoms with Gasteiger partial charge in [-0.05, 0) is 30.2 Å². The Morgan fingerprint density at radius 2 is 2.12 bits per heavy atom. The van der Waals surface area contributed by atoms with Gasteiger partial charge in [0, 0.05) is 41.3 Å². The lowest BCUT2D eigenvalue weighted by Crippen LogP contribution is -2.39. The molecule has 1 aromatic heterocycles. The maximum atomic E-state index is 13.0. The number of nitrogens with zero attached hydrogens (tertiary/aromatic N) is 1. The Hall–Kier alpha value is -1.79. The van der Waals surface area contributed by atoms with Gasteiger partial charge >= 0.3 is 5.97 Å². The maximum absolute atomic E-state index is 13.0. The molecule has 0 radical (unpaired) electrons. The van der Waals surface area contributed by atoms with Crippen LogP contribution in [0.2, 0.25) is 0 Å². The molecule has 6 heteroatoms. The molecule has 0 N–H and O–H groups in total. The highest BCUT2D eigenvalue weighted by molar-refractivity contribution is 7.10. The van der Waals surface area contributed by atoms with Crippen LogP contribution in [0.15, 0.2) is 33.8 Å². The van der Waals surface area contributed by atoms with E-state index in [1.165, 1.54) is 0 Å². The van der Waals surface area contributed by atoms with Crippen molar-refractivity contribution in [3.8, 4) is 0 Å². The maximum Gasteiger partial charge on any atom is 0.315 e. The van der Waals surface area contributed by atoms with Crippen LogP contribution in [0.4, 0.5) is 0 Å². The molecular formula is C20H25NO4S. The Morgan fingerprint density at radius 3 is 2.77 bits per heavy atom. The number of esters is 1. The molecule has 0 spiro atoms. The summed E-state index contributed by atoms with van der Waals surface area (Å²) in [7, 11) is 1.56. The number of methoxy groups -OCH3 is 1. The van der Waals surface area contributed by atoms with Crippen LogP contribution in [0, 0.1) is 11.3 Å². The van der Waals surface area contributed by atoms with Crippen LogP contribution in [-0.2, 0) is 19.1 Å². The number of ether oxygens (including phenoxy) is 2. The van der Waals surface area contributed by atoms with Crippen LogP contribution in [0.1, 0.15) is 44.4 Å². The van der Waals surface area contributed by atoms with Gasteiger partial charge < -0.3 is 9.47 Å². The molecule has 0 saturated carbocycles. The average Bonchev–Trinajstić information content (AvgIpc) is 3.06. The van der Waals surface area contributed by atoms with Crippen molar-refractivity contribution in [3.05, 3.63) is 33.7 Å². The fraction of sp³-hybridized carbons (Fsp3) is 0.550. The van der Waals surface area contributed by atoms with Crippen LogP contribution in [0.5, 0.6) is 0 Å². The zero-order valence-corrected chi connectivity index (χ0v) is 16.5. The standard InChI is InChI=1S/C20H25NO4S/c1-12-16(19(23)25-8-7-24-4)18(15-6-5-9-26-15)17-13(21-12)10-20(2,3)11-14(17)22/h5-6,9,16,18H,7-8,10-11H2,1-4H3/t16?,18-/m0/s1. The minimum Gasteiger partial charge on any atom is -0.463 e. The van der Waals surface area contributed by atoms with Gasteiger partial charge in [-0.25, -0.2) is 0 Å². The zero-order valence-electron chi connectivity index (χ0n) is 15.7. The molecule has 3 rings (SSSR count). The predicted molar refractivity (Wildman–Crippen MR) is 102 cm³/mol. The Balaban J connectivity index is 2.02. The molecule has 140 valence electrons. The summed E-state index contributed by atoms with van der Waals surface area (Å²) in [5.41, 5.74) is 2.15. The molecule has 0 saturated heterocycles. The van der Waals surface area contributed by atoms with Crippen molar-refractivity contribution in [1.82, 2.24) is 0 Å². The lowest BCUT2D eigenvalue weighted by Gasteiger charge is -2.38. The van der Waals surface area contributed by atoms with E-state index >= 15 is 0 Å². The Bertz CT molecular complexity index is 761. The molecule has 2 aliphatic rings. The number of carbonyl (C=O) groups is 2. The van der Waals surface area contributed by atoms with Gasteiger partial charge in [-0.1, -0.05) is 19.9 Å². The van der Waals surface area contributed by atoms with Gasteiger partial charge in [-0.15, -0.1) is 11.3 Å². The first kappa shape index (κ1) is 19.0. The second-order valence-electron chi connectivity index (χ2n) is 7.69. The lowest BCUT2D eigenvalue weighted by molar-refractivity contribution is -0.147. The molecule has 2 heterocycles. The molecule has 0 bridgehead atoms. The normalized spacial score (nSPS) is 24.9. The Labute approximate surface area is 158 Å². The van der Waals surface area contributed by atoms with Crippen molar-refractivity contribution >= 4 is 28.8 Å². The van der Waals surface area contributed by atoms with Gasteiger partial charge in [-0.2, -0.15) is 0 Å². The lowest BCUT2D eigenvalue weighted by atomic mass is 9.68. The van der Waals surface area contributed by atoms with E-state index in [0.717, 1.165) is 22.7 Å². The highest BCUT2D eigenvalue weighted by Crippen LogP contribution is 2.48. The molecule has 5 nitrogen and oxygen atoms in total. The number of carbonyl (C=O) groups excluding carboxylic acids is 2. The third-order valence-corrected chi connectivity index (χ3v) is 5.89. The van der Waals surface area contributed by atoms with Crippen molar-refractivity contribution in [2.75, 3.05) is 20.3 Å². The summed E-state index contributed by atoms with van der Waals surface area (Å²) in [6, 6.07) is 3.94. The number of hydrogen-bond acceptors (Lipinski definition) is 6. The van der Waals surface area contributed by atoms with Gasteiger partial charge in [0.25, 0.3) is 0 Å². The number of allylic oxidation sites excluding steroid dienone is 2. The van der Waals surface area contributed by atoms with Crippen molar-refractivity contribution in [2.24, 2.45) is 16.3 Å². The van der Waals surface area contributed by atoms with Crippen molar-refractivity contribution in [2.45, 2.75) is 39.5 Å². The van der Waals surface area contributed by atoms with E-state index in [2.05, 4.69) is 18.8 Å². The minimum atomic E-state index is -0.561. The molecule has 0 aromatic carbocycles. The summed E-state index contributed by atoms with van der Waals surface area (Å²) in [6.45, 7) is 6.58. The number of rotatable bonds is 5. The monoisotopic (exact) mass is 375 g/mol. The zero-order chi connectivity index (χ0) is 18.9. The summed E-state index contributed by atoms with van der Waals surface area (Å²) in [4.78, 5) is 31.5. The summed E-state index contributed by atoms with van der Waals surface area (Å²) < 4.78 is 10.4. The van der Waals surface area contributed by atoms with Crippen molar-refractivity contribution in [3.63, 3.8) is 0 Å². The minimum absolute atomic E-state index is 0.0978. The highest BCUT2D eigenvalue weighted by Gasteiger charge is 2.46. The summed E-state index contributed by atoms with van der Waals surface area (Å²) >= 11 is 1.56. The molecular weight excluding hydrogens is 350 g/mol. The van der Waals surface area contributed by atoms with Gasteiger partial charge in [-0.3, -0.25) is 14.6 Å². The molecule has 26 heavy (non-hydrogen) atoms. The molecule has 0 amide bonds.